The van der Waals surface area contributed by atoms with Crippen molar-refractivity contribution in [1.82, 2.24) is 5.32 Å². The van der Waals surface area contributed by atoms with Gasteiger partial charge in [-0.25, -0.2) is 4.39 Å². The summed E-state index contributed by atoms with van der Waals surface area (Å²) in [5.74, 6) is 0.416. The number of amides is 1. The first kappa shape index (κ1) is 15.0. The van der Waals surface area contributed by atoms with Crippen molar-refractivity contribution in [3.05, 3.63) is 35.1 Å². The van der Waals surface area contributed by atoms with E-state index in [0.29, 0.717) is 12.1 Å². The Kier molecular flexibility index (Phi) is 6.80. The highest BCUT2D eigenvalue weighted by atomic mass is 32.2. The summed E-state index contributed by atoms with van der Waals surface area (Å²) in [7, 11) is 0. The summed E-state index contributed by atoms with van der Waals surface area (Å²) in [5, 5.41) is 2.76. The molecule has 1 aromatic carbocycles. The molecule has 0 saturated carbocycles. The highest BCUT2D eigenvalue weighted by Crippen LogP contribution is 2.11. The number of rotatable bonds is 7. The van der Waals surface area contributed by atoms with Crippen LogP contribution >= 0.6 is 11.8 Å². The number of benzene rings is 1. The number of thioether (sulfide) groups is 1. The maximum Gasteiger partial charge on any atom is 0.254 e. The van der Waals surface area contributed by atoms with E-state index in [1.165, 1.54) is 6.07 Å². The van der Waals surface area contributed by atoms with Crippen LogP contribution in [-0.4, -0.2) is 24.5 Å². The molecule has 0 saturated heterocycles. The summed E-state index contributed by atoms with van der Waals surface area (Å²) >= 11 is 1.83. The van der Waals surface area contributed by atoms with Gasteiger partial charge in [-0.1, -0.05) is 18.6 Å². The fourth-order valence-corrected chi connectivity index (χ4v) is 2.16. The number of nitrogens with one attached hydrogen (secondary N) is 1. The summed E-state index contributed by atoms with van der Waals surface area (Å²) in [6, 6.07) is 4.88. The van der Waals surface area contributed by atoms with E-state index in [2.05, 4.69) is 11.6 Å². The van der Waals surface area contributed by atoms with E-state index in [1.54, 1.807) is 19.1 Å². The second-order valence-corrected chi connectivity index (χ2v) is 5.23. The van der Waals surface area contributed by atoms with E-state index >= 15 is 0 Å². The quantitative estimate of drug-likeness (QED) is 0.769. The van der Waals surface area contributed by atoms with Crippen LogP contribution in [0.15, 0.2) is 18.2 Å². The molecule has 0 unspecified atom stereocenters. The van der Waals surface area contributed by atoms with Gasteiger partial charge in [0.15, 0.2) is 0 Å². The predicted molar refractivity (Wildman–Crippen MR) is 75.7 cm³/mol. The van der Waals surface area contributed by atoms with Gasteiger partial charge in [0.25, 0.3) is 5.91 Å². The van der Waals surface area contributed by atoms with Crippen LogP contribution in [0.25, 0.3) is 0 Å². The fourth-order valence-electron chi connectivity index (χ4n) is 1.67. The Bertz CT molecular complexity index is 395. The molecular weight excluding hydrogens is 249 g/mol. The molecule has 0 aliphatic carbocycles. The van der Waals surface area contributed by atoms with Crippen LogP contribution in [0, 0.1) is 12.7 Å². The highest BCUT2D eigenvalue weighted by Gasteiger charge is 2.11. The van der Waals surface area contributed by atoms with Crippen molar-refractivity contribution in [2.45, 2.75) is 26.2 Å². The number of carbonyl (C=O) groups excluding carboxylic acids is 1. The molecule has 2 nitrogen and oxygen atoms in total. The zero-order valence-electron chi connectivity index (χ0n) is 11.0. The Morgan fingerprint density at radius 1 is 1.33 bits per heavy atom. The largest absolute Gasteiger partial charge is 0.352 e. The van der Waals surface area contributed by atoms with Gasteiger partial charge in [0.1, 0.15) is 5.82 Å². The molecule has 0 fully saturated rings. The minimum atomic E-state index is -0.419. The first-order chi connectivity index (χ1) is 8.66. The van der Waals surface area contributed by atoms with Crippen LogP contribution in [0.4, 0.5) is 4.39 Å². The Balaban J connectivity index is 2.35. The Morgan fingerprint density at radius 2 is 2.11 bits per heavy atom. The molecule has 1 aromatic rings. The van der Waals surface area contributed by atoms with E-state index in [0.717, 1.165) is 25.0 Å². The van der Waals surface area contributed by atoms with Gasteiger partial charge >= 0.3 is 0 Å². The molecule has 0 bridgehead atoms. The number of halogens is 1. The van der Waals surface area contributed by atoms with Crippen LogP contribution in [0.3, 0.4) is 0 Å². The van der Waals surface area contributed by atoms with Gasteiger partial charge in [0.05, 0.1) is 5.56 Å². The molecule has 0 aliphatic rings. The molecular formula is C14H20FNOS. The predicted octanol–water partition coefficient (Wildman–Crippen LogP) is 3.40. The third-order valence-electron chi connectivity index (χ3n) is 2.75. The minimum absolute atomic E-state index is 0.138. The van der Waals surface area contributed by atoms with E-state index in [1.807, 2.05) is 11.8 Å². The average molecular weight is 269 g/mol. The van der Waals surface area contributed by atoms with Crippen molar-refractivity contribution in [3.63, 3.8) is 0 Å². The van der Waals surface area contributed by atoms with Gasteiger partial charge in [-0.3, -0.25) is 4.79 Å². The molecule has 0 atom stereocenters. The number of hydrogen-bond donors (Lipinski definition) is 1. The Morgan fingerprint density at radius 3 is 2.83 bits per heavy atom. The molecule has 0 aromatic heterocycles. The van der Waals surface area contributed by atoms with Crippen molar-refractivity contribution in [2.75, 3.05) is 18.6 Å². The van der Waals surface area contributed by atoms with E-state index in [-0.39, 0.29) is 11.5 Å². The third-order valence-corrected chi connectivity index (χ3v) is 3.44. The van der Waals surface area contributed by atoms with Crippen LogP contribution in [-0.2, 0) is 0 Å². The standard InChI is InChI=1S/C14H20FNOS/c1-11-7-6-8-12(13(11)15)14(17)16-9-4-3-5-10-18-2/h6-8H,3-5,9-10H2,1-2H3,(H,16,17). The van der Waals surface area contributed by atoms with Crippen molar-refractivity contribution >= 4 is 17.7 Å². The van der Waals surface area contributed by atoms with Crippen molar-refractivity contribution in [3.8, 4) is 0 Å². The second kappa shape index (κ2) is 8.14. The van der Waals surface area contributed by atoms with Crippen molar-refractivity contribution in [1.29, 1.82) is 0 Å². The molecule has 4 heteroatoms. The minimum Gasteiger partial charge on any atom is -0.352 e. The van der Waals surface area contributed by atoms with Gasteiger partial charge in [0, 0.05) is 6.54 Å². The van der Waals surface area contributed by atoms with Crippen LogP contribution in [0.5, 0.6) is 0 Å². The van der Waals surface area contributed by atoms with Crippen molar-refractivity contribution < 1.29 is 9.18 Å². The molecule has 1 rings (SSSR count). The lowest BCUT2D eigenvalue weighted by Crippen LogP contribution is -2.25. The van der Waals surface area contributed by atoms with E-state index in [4.69, 9.17) is 0 Å². The monoisotopic (exact) mass is 269 g/mol. The summed E-state index contributed by atoms with van der Waals surface area (Å²) in [6.45, 7) is 2.27. The topological polar surface area (TPSA) is 29.1 Å². The number of unbranched alkanes of at least 4 members (excludes halogenated alkanes) is 2. The van der Waals surface area contributed by atoms with E-state index in [9.17, 15) is 9.18 Å². The van der Waals surface area contributed by atoms with Crippen LogP contribution in [0.2, 0.25) is 0 Å². The number of carbonyl (C=O) groups is 1. The Hall–Kier alpha value is -1.03. The van der Waals surface area contributed by atoms with Gasteiger partial charge < -0.3 is 5.32 Å². The summed E-state index contributed by atoms with van der Waals surface area (Å²) in [4.78, 5) is 11.8. The normalized spacial score (nSPS) is 10.4. The molecule has 1 N–H and O–H groups in total. The van der Waals surface area contributed by atoms with Crippen LogP contribution in [0.1, 0.15) is 35.2 Å². The lowest BCUT2D eigenvalue weighted by molar-refractivity contribution is 0.0949. The molecule has 0 aliphatic heterocycles. The summed E-state index contributed by atoms with van der Waals surface area (Å²) in [6.07, 6.45) is 5.29. The Labute approximate surface area is 112 Å². The molecule has 0 heterocycles. The molecule has 0 spiro atoms. The highest BCUT2D eigenvalue weighted by molar-refractivity contribution is 7.98. The first-order valence-corrected chi connectivity index (χ1v) is 7.58. The smallest absolute Gasteiger partial charge is 0.254 e. The molecule has 0 radical (unpaired) electrons. The first-order valence-electron chi connectivity index (χ1n) is 6.19. The number of aryl methyl sites for hydroxylation is 1. The lowest BCUT2D eigenvalue weighted by Gasteiger charge is -2.07. The summed E-state index contributed by atoms with van der Waals surface area (Å²) in [5.41, 5.74) is 0.640. The average Bonchev–Trinajstić information content (AvgIpc) is 2.36. The lowest BCUT2D eigenvalue weighted by atomic mass is 10.1. The maximum atomic E-state index is 13.7. The zero-order valence-corrected chi connectivity index (χ0v) is 11.8. The molecule has 18 heavy (non-hydrogen) atoms. The maximum absolute atomic E-state index is 13.7. The fraction of sp³-hybridized carbons (Fsp3) is 0.500. The molecule has 1 amide bonds. The SMILES string of the molecule is CSCCCCCNC(=O)c1cccc(C)c1F. The zero-order chi connectivity index (χ0) is 13.4. The van der Waals surface area contributed by atoms with Gasteiger partial charge in [-0.15, -0.1) is 0 Å². The van der Waals surface area contributed by atoms with Gasteiger partial charge in [0.2, 0.25) is 0 Å². The van der Waals surface area contributed by atoms with Crippen molar-refractivity contribution in [2.24, 2.45) is 0 Å². The number of hydrogen-bond acceptors (Lipinski definition) is 2. The third kappa shape index (κ3) is 4.69. The molecule has 100 valence electrons. The van der Waals surface area contributed by atoms with Gasteiger partial charge in [-0.05, 0) is 43.4 Å². The second-order valence-electron chi connectivity index (χ2n) is 4.25. The van der Waals surface area contributed by atoms with Crippen LogP contribution < -0.4 is 5.32 Å². The van der Waals surface area contributed by atoms with E-state index < -0.39 is 5.82 Å². The van der Waals surface area contributed by atoms with Gasteiger partial charge in [-0.2, -0.15) is 11.8 Å². The summed E-state index contributed by atoms with van der Waals surface area (Å²) < 4.78 is 13.7.